The Morgan fingerprint density at radius 2 is 2.00 bits per heavy atom. The second kappa shape index (κ2) is 9.95. The van der Waals surface area contributed by atoms with Crippen molar-refractivity contribution in [2.24, 2.45) is 0 Å². The van der Waals surface area contributed by atoms with Crippen LogP contribution in [0.3, 0.4) is 0 Å². The molecule has 0 saturated heterocycles. The molecule has 0 aliphatic rings. The van der Waals surface area contributed by atoms with Gasteiger partial charge in [-0.2, -0.15) is 0 Å². The summed E-state index contributed by atoms with van der Waals surface area (Å²) in [7, 11) is 0. The minimum Gasteiger partial charge on any atom is -0.324 e. The molecule has 0 spiro atoms. The molecule has 1 atom stereocenters. The van der Waals surface area contributed by atoms with Gasteiger partial charge in [0.1, 0.15) is 0 Å². The maximum absolute atomic E-state index is 12.7. The monoisotopic (exact) mass is 477 g/mol. The van der Waals surface area contributed by atoms with Crippen LogP contribution in [0, 0.1) is 10.1 Å². The summed E-state index contributed by atoms with van der Waals surface area (Å²) in [6, 6.07) is 11.0. The molecule has 3 rings (SSSR count). The number of allylic oxidation sites excluding steroid dienone is 1. The Balaban J connectivity index is 1.80. The van der Waals surface area contributed by atoms with Crippen molar-refractivity contribution in [2.75, 3.05) is 5.32 Å². The van der Waals surface area contributed by atoms with Gasteiger partial charge in [-0.25, -0.2) is 0 Å². The van der Waals surface area contributed by atoms with E-state index in [-0.39, 0.29) is 22.3 Å². The van der Waals surface area contributed by atoms with Gasteiger partial charge in [0.05, 0.1) is 20.9 Å². The van der Waals surface area contributed by atoms with Gasteiger partial charge < -0.3 is 5.32 Å². The average Bonchev–Trinajstić information content (AvgIpc) is 3.12. The average molecular weight is 478 g/mol. The summed E-state index contributed by atoms with van der Waals surface area (Å²) in [4.78, 5) is 23.1. The van der Waals surface area contributed by atoms with Crippen molar-refractivity contribution in [2.45, 2.75) is 23.9 Å². The summed E-state index contributed by atoms with van der Waals surface area (Å²) in [6.07, 6.45) is 1.71. The third-order valence-corrected chi connectivity index (χ3v) is 5.86. The van der Waals surface area contributed by atoms with Gasteiger partial charge in [0.2, 0.25) is 5.91 Å². The molecule has 0 bridgehead atoms. The van der Waals surface area contributed by atoms with E-state index in [1.165, 1.54) is 30.0 Å². The normalized spacial score (nSPS) is 11.7. The molecule has 2 aromatic carbocycles. The van der Waals surface area contributed by atoms with Gasteiger partial charge in [-0.3, -0.25) is 19.5 Å². The number of hydrogen-bond acceptors (Lipinski definition) is 6. The number of nitrogens with one attached hydrogen (secondary N) is 1. The topological polar surface area (TPSA) is 103 Å². The molecule has 1 heterocycles. The first-order chi connectivity index (χ1) is 14.8. The van der Waals surface area contributed by atoms with Crippen LogP contribution in [0.2, 0.25) is 10.0 Å². The number of halogens is 2. The zero-order valence-electron chi connectivity index (χ0n) is 16.3. The number of aromatic nitrogens is 3. The van der Waals surface area contributed by atoms with Gasteiger partial charge in [0.25, 0.3) is 5.69 Å². The van der Waals surface area contributed by atoms with Crippen molar-refractivity contribution >= 4 is 52.2 Å². The van der Waals surface area contributed by atoms with Crippen LogP contribution in [0.5, 0.6) is 0 Å². The van der Waals surface area contributed by atoms with Gasteiger partial charge in [0.15, 0.2) is 11.0 Å². The Morgan fingerprint density at radius 3 is 2.65 bits per heavy atom. The lowest BCUT2D eigenvalue weighted by Crippen LogP contribution is -2.23. The first-order valence-corrected chi connectivity index (χ1v) is 10.6. The molecule has 1 N–H and O–H groups in total. The van der Waals surface area contributed by atoms with E-state index in [1.807, 2.05) is 16.7 Å². The summed E-state index contributed by atoms with van der Waals surface area (Å²) in [5, 5.41) is 22.8. The molecule has 3 aromatic rings. The molecule has 160 valence electrons. The lowest BCUT2D eigenvalue weighted by atomic mass is 10.2. The molecule has 1 amide bonds. The van der Waals surface area contributed by atoms with E-state index in [0.717, 1.165) is 5.56 Å². The second-order valence-electron chi connectivity index (χ2n) is 6.38. The third-order valence-electron chi connectivity index (χ3n) is 4.20. The minimum atomic E-state index is -0.582. The number of hydrogen-bond donors (Lipinski definition) is 1. The fourth-order valence-corrected chi connectivity index (χ4v) is 3.80. The molecular weight excluding hydrogens is 461 g/mol. The molecule has 0 aliphatic heterocycles. The van der Waals surface area contributed by atoms with E-state index < -0.39 is 10.2 Å². The van der Waals surface area contributed by atoms with Crippen LogP contribution in [0.25, 0.3) is 11.4 Å². The van der Waals surface area contributed by atoms with Crippen LogP contribution in [0.1, 0.15) is 6.92 Å². The van der Waals surface area contributed by atoms with Gasteiger partial charge in [-0.15, -0.1) is 16.8 Å². The number of non-ortho nitro benzene ring substituents is 1. The van der Waals surface area contributed by atoms with Crippen molar-refractivity contribution in [1.29, 1.82) is 0 Å². The summed E-state index contributed by atoms with van der Waals surface area (Å²) in [5.41, 5.74) is 0.826. The highest BCUT2D eigenvalue weighted by atomic mass is 35.5. The van der Waals surface area contributed by atoms with Crippen LogP contribution in [0.15, 0.2) is 60.3 Å². The second-order valence-corrected chi connectivity index (χ2v) is 8.53. The zero-order valence-corrected chi connectivity index (χ0v) is 18.6. The molecule has 0 radical (unpaired) electrons. The highest BCUT2D eigenvalue weighted by molar-refractivity contribution is 8.00. The van der Waals surface area contributed by atoms with E-state index >= 15 is 0 Å². The predicted octanol–water partition coefficient (Wildman–Crippen LogP) is 5.47. The quantitative estimate of drug-likeness (QED) is 0.200. The number of anilines is 1. The van der Waals surface area contributed by atoms with Crippen molar-refractivity contribution in [3.05, 3.63) is 75.3 Å². The van der Waals surface area contributed by atoms with Crippen LogP contribution in [-0.2, 0) is 11.3 Å². The Labute approximate surface area is 192 Å². The Bertz CT molecular complexity index is 1130. The highest BCUT2D eigenvalue weighted by Gasteiger charge is 2.22. The van der Waals surface area contributed by atoms with Crippen LogP contribution < -0.4 is 5.32 Å². The Hall–Kier alpha value is -2.88. The van der Waals surface area contributed by atoms with E-state index in [0.29, 0.717) is 22.5 Å². The molecule has 0 aliphatic carbocycles. The number of nitrogens with zero attached hydrogens (tertiary/aromatic N) is 4. The number of carbonyl (C=O) groups excluding carboxylic acids is 1. The fraction of sp³-hybridized carbons (Fsp3) is 0.150. The number of nitro groups is 1. The first-order valence-electron chi connectivity index (χ1n) is 9.01. The van der Waals surface area contributed by atoms with Crippen molar-refractivity contribution in [3.63, 3.8) is 0 Å². The summed E-state index contributed by atoms with van der Waals surface area (Å²) in [5.74, 6) is 0.238. The minimum absolute atomic E-state index is 0.168. The third kappa shape index (κ3) is 5.43. The Kier molecular flexibility index (Phi) is 7.32. The van der Waals surface area contributed by atoms with Gasteiger partial charge >= 0.3 is 0 Å². The number of amides is 1. The van der Waals surface area contributed by atoms with Gasteiger partial charge in [-0.1, -0.05) is 41.0 Å². The van der Waals surface area contributed by atoms with E-state index in [4.69, 9.17) is 23.2 Å². The number of benzene rings is 2. The predicted molar refractivity (Wildman–Crippen MR) is 123 cm³/mol. The molecule has 1 unspecified atom stereocenters. The van der Waals surface area contributed by atoms with Crippen LogP contribution >= 0.6 is 35.0 Å². The molecule has 31 heavy (non-hydrogen) atoms. The molecular formula is C20H17Cl2N5O3S. The van der Waals surface area contributed by atoms with Crippen molar-refractivity contribution in [1.82, 2.24) is 14.8 Å². The van der Waals surface area contributed by atoms with Crippen LogP contribution in [0.4, 0.5) is 11.4 Å². The largest absolute Gasteiger partial charge is 0.324 e. The smallest absolute Gasteiger partial charge is 0.271 e. The zero-order chi connectivity index (χ0) is 22.5. The number of carbonyl (C=O) groups is 1. The van der Waals surface area contributed by atoms with Crippen molar-refractivity contribution < 1.29 is 9.72 Å². The van der Waals surface area contributed by atoms with Crippen molar-refractivity contribution in [3.8, 4) is 11.4 Å². The lowest BCUT2D eigenvalue weighted by molar-refractivity contribution is -0.384. The summed E-state index contributed by atoms with van der Waals surface area (Å²) in [6.45, 7) is 5.91. The lowest BCUT2D eigenvalue weighted by Gasteiger charge is -2.13. The molecule has 0 fully saturated rings. The van der Waals surface area contributed by atoms with Gasteiger partial charge in [-0.05, 0) is 37.3 Å². The standard InChI is InChI=1S/C20H17Cl2N5O3S/c1-3-10-26-18(13-4-6-14(21)7-5-13)24-25-20(26)31-12(2)19(28)23-17-11-15(27(29)30)8-9-16(17)22/h3-9,11-12H,1,10H2,2H3,(H,23,28). The number of thioether (sulfide) groups is 1. The molecule has 11 heteroatoms. The maximum Gasteiger partial charge on any atom is 0.271 e. The summed E-state index contributed by atoms with van der Waals surface area (Å²) < 4.78 is 1.84. The molecule has 1 aromatic heterocycles. The van der Waals surface area contributed by atoms with E-state index in [9.17, 15) is 14.9 Å². The maximum atomic E-state index is 12.7. The van der Waals surface area contributed by atoms with Crippen LogP contribution in [-0.4, -0.2) is 30.8 Å². The fourth-order valence-electron chi connectivity index (χ4n) is 2.65. The first kappa shape index (κ1) is 22.8. The van der Waals surface area contributed by atoms with E-state index in [1.54, 1.807) is 25.1 Å². The summed E-state index contributed by atoms with van der Waals surface area (Å²) >= 11 is 13.2. The highest BCUT2D eigenvalue weighted by Crippen LogP contribution is 2.30. The van der Waals surface area contributed by atoms with Gasteiger partial charge in [0, 0.05) is 29.3 Å². The number of rotatable bonds is 8. The molecule has 8 nitrogen and oxygen atoms in total. The molecule has 0 saturated carbocycles. The number of nitro benzene ring substituents is 1. The van der Waals surface area contributed by atoms with E-state index in [2.05, 4.69) is 22.1 Å². The Morgan fingerprint density at radius 1 is 1.29 bits per heavy atom. The SMILES string of the molecule is C=CCn1c(SC(C)C(=O)Nc2cc([N+](=O)[O-])ccc2Cl)nnc1-c1ccc(Cl)cc1.